The van der Waals surface area contributed by atoms with E-state index in [1.54, 1.807) is 6.92 Å². The lowest BCUT2D eigenvalue weighted by molar-refractivity contribution is -0.141. The molecule has 0 saturated heterocycles. The molecule has 2 amide bonds. The molecule has 0 spiro atoms. The minimum absolute atomic E-state index is 0.0535. The average Bonchev–Trinajstić information content (AvgIpc) is 2.87. The Morgan fingerprint density at radius 3 is 2.26 bits per heavy atom. The number of anilines is 1. The van der Waals surface area contributed by atoms with E-state index in [1.807, 2.05) is 0 Å². The maximum absolute atomic E-state index is 13.7. The van der Waals surface area contributed by atoms with Gasteiger partial charge in [0.15, 0.2) is 11.6 Å². The smallest absolute Gasteiger partial charge is 0.242 e. The molecule has 1 atom stereocenters. The third-order valence-corrected chi connectivity index (χ3v) is 7.92. The lowest BCUT2D eigenvalue weighted by Crippen LogP contribution is -2.50. The van der Waals surface area contributed by atoms with Gasteiger partial charge in [0.1, 0.15) is 11.9 Å². The lowest BCUT2D eigenvalue weighted by Gasteiger charge is -2.31. The van der Waals surface area contributed by atoms with Crippen LogP contribution in [-0.4, -0.2) is 50.0 Å². The highest BCUT2D eigenvalue weighted by Crippen LogP contribution is 2.22. The Hall–Kier alpha value is -3.08. The number of hydrogen-bond acceptors (Lipinski definition) is 4. The molecule has 0 radical (unpaired) electrons. The Morgan fingerprint density at radius 2 is 1.66 bits per heavy atom. The van der Waals surface area contributed by atoms with Crippen molar-refractivity contribution in [3.8, 4) is 0 Å². The Morgan fingerprint density at radius 1 is 1.00 bits per heavy atom. The molecule has 1 fully saturated rings. The van der Waals surface area contributed by atoms with Crippen molar-refractivity contribution in [3.63, 3.8) is 0 Å². The highest BCUT2D eigenvalue weighted by atomic mass is 32.2. The molecule has 3 rings (SSSR count). The third kappa shape index (κ3) is 8.21. The SMILES string of the molecule is C[C@@H](C(=O)NC1CCCCC1)N(Cc1ccc(F)cc1)C(=O)CCCN(c1ccc(F)c(F)c1)S(C)(=O)=O. The zero-order valence-corrected chi connectivity index (χ0v) is 22.4. The molecule has 1 saturated carbocycles. The maximum atomic E-state index is 13.7. The molecule has 38 heavy (non-hydrogen) atoms. The van der Waals surface area contributed by atoms with E-state index in [1.165, 1.54) is 29.2 Å². The molecule has 7 nitrogen and oxygen atoms in total. The fourth-order valence-electron chi connectivity index (χ4n) is 4.58. The van der Waals surface area contributed by atoms with Gasteiger partial charge in [-0.1, -0.05) is 31.4 Å². The molecular weight excluding hydrogens is 519 g/mol. The number of sulfonamides is 1. The van der Waals surface area contributed by atoms with E-state index in [2.05, 4.69) is 5.32 Å². The predicted molar refractivity (Wildman–Crippen MR) is 139 cm³/mol. The topological polar surface area (TPSA) is 86.8 Å². The summed E-state index contributed by atoms with van der Waals surface area (Å²) >= 11 is 0. The Labute approximate surface area is 222 Å². The van der Waals surface area contributed by atoms with Crippen molar-refractivity contribution in [2.75, 3.05) is 17.1 Å². The molecule has 208 valence electrons. The Balaban J connectivity index is 1.72. The van der Waals surface area contributed by atoms with E-state index in [0.29, 0.717) is 5.56 Å². The van der Waals surface area contributed by atoms with Crippen molar-refractivity contribution in [1.29, 1.82) is 0 Å². The van der Waals surface area contributed by atoms with Crippen LogP contribution in [0.2, 0.25) is 0 Å². The van der Waals surface area contributed by atoms with E-state index in [0.717, 1.165) is 60.9 Å². The minimum atomic E-state index is -3.84. The molecule has 0 heterocycles. The van der Waals surface area contributed by atoms with Gasteiger partial charge in [-0.3, -0.25) is 13.9 Å². The maximum Gasteiger partial charge on any atom is 0.242 e. The van der Waals surface area contributed by atoms with Gasteiger partial charge >= 0.3 is 0 Å². The van der Waals surface area contributed by atoms with Gasteiger partial charge in [0.25, 0.3) is 0 Å². The molecule has 0 bridgehead atoms. The molecule has 0 aliphatic heterocycles. The van der Waals surface area contributed by atoms with Gasteiger partial charge in [-0.05, 0) is 56.0 Å². The largest absolute Gasteiger partial charge is 0.352 e. The van der Waals surface area contributed by atoms with Crippen LogP contribution >= 0.6 is 0 Å². The first-order chi connectivity index (χ1) is 18.0. The zero-order chi connectivity index (χ0) is 27.9. The molecule has 11 heteroatoms. The highest BCUT2D eigenvalue weighted by molar-refractivity contribution is 7.92. The summed E-state index contributed by atoms with van der Waals surface area (Å²) in [6, 6.07) is 7.65. The van der Waals surface area contributed by atoms with Gasteiger partial charge in [0.05, 0.1) is 11.9 Å². The van der Waals surface area contributed by atoms with Crippen molar-refractivity contribution in [2.45, 2.75) is 70.5 Å². The normalized spacial score (nSPS) is 15.1. The van der Waals surface area contributed by atoms with Crippen LogP contribution in [-0.2, 0) is 26.2 Å². The first kappa shape index (κ1) is 29.5. The zero-order valence-electron chi connectivity index (χ0n) is 21.6. The molecule has 1 aliphatic rings. The number of rotatable bonds is 11. The molecular formula is C27H34F3N3O4S. The van der Waals surface area contributed by atoms with Crippen molar-refractivity contribution >= 4 is 27.5 Å². The molecule has 1 N–H and O–H groups in total. The lowest BCUT2D eigenvalue weighted by atomic mass is 9.95. The molecule has 2 aromatic rings. The number of carbonyl (C=O) groups excluding carboxylic acids is 2. The molecule has 1 aliphatic carbocycles. The van der Waals surface area contributed by atoms with E-state index in [9.17, 15) is 31.2 Å². The number of carbonyl (C=O) groups is 2. The number of benzene rings is 2. The number of halogens is 3. The van der Waals surface area contributed by atoms with Crippen molar-refractivity contribution in [2.24, 2.45) is 0 Å². The second-order valence-corrected chi connectivity index (χ2v) is 11.6. The summed E-state index contributed by atoms with van der Waals surface area (Å²) in [7, 11) is -3.84. The fourth-order valence-corrected chi connectivity index (χ4v) is 5.54. The van der Waals surface area contributed by atoms with Gasteiger partial charge in [0.2, 0.25) is 21.8 Å². The summed E-state index contributed by atoms with van der Waals surface area (Å²) in [6.07, 6.45) is 5.88. The summed E-state index contributed by atoms with van der Waals surface area (Å²) in [4.78, 5) is 27.8. The van der Waals surface area contributed by atoms with Gasteiger partial charge < -0.3 is 10.2 Å². The number of hydrogen-bond donors (Lipinski definition) is 1. The van der Waals surface area contributed by atoms with E-state index < -0.39 is 33.5 Å². The van der Waals surface area contributed by atoms with Crippen LogP contribution in [0.15, 0.2) is 42.5 Å². The van der Waals surface area contributed by atoms with Crippen LogP contribution in [0.1, 0.15) is 57.4 Å². The summed E-state index contributed by atoms with van der Waals surface area (Å²) < 4.78 is 66.0. The second-order valence-electron chi connectivity index (χ2n) is 9.70. The molecule has 0 aromatic heterocycles. The van der Waals surface area contributed by atoms with Crippen LogP contribution in [0.5, 0.6) is 0 Å². The molecule has 2 aromatic carbocycles. The van der Waals surface area contributed by atoms with Gasteiger partial charge in [0, 0.05) is 31.6 Å². The highest BCUT2D eigenvalue weighted by Gasteiger charge is 2.28. The van der Waals surface area contributed by atoms with Crippen molar-refractivity contribution in [1.82, 2.24) is 10.2 Å². The standard InChI is InChI=1S/C27H34F3N3O4S/c1-19(27(35)31-22-7-4-3-5-8-22)32(18-20-10-12-21(28)13-11-20)26(34)9-6-16-33(38(2,36)37)23-14-15-24(29)25(30)17-23/h10-15,17,19,22H,3-9,16,18H2,1-2H3,(H,31,35)/t19-/m0/s1. The average molecular weight is 554 g/mol. The van der Waals surface area contributed by atoms with E-state index in [-0.39, 0.29) is 49.5 Å². The monoisotopic (exact) mass is 553 g/mol. The number of amides is 2. The van der Waals surface area contributed by atoms with Crippen molar-refractivity contribution < 1.29 is 31.2 Å². The summed E-state index contributed by atoms with van der Waals surface area (Å²) in [6.45, 7) is 1.55. The molecule has 0 unspecified atom stereocenters. The minimum Gasteiger partial charge on any atom is -0.352 e. The van der Waals surface area contributed by atoms with Gasteiger partial charge in [-0.15, -0.1) is 0 Å². The van der Waals surface area contributed by atoms with Crippen molar-refractivity contribution in [3.05, 3.63) is 65.5 Å². The van der Waals surface area contributed by atoms with Crippen LogP contribution in [0, 0.1) is 17.5 Å². The van der Waals surface area contributed by atoms with Crippen LogP contribution < -0.4 is 9.62 Å². The summed E-state index contributed by atoms with van der Waals surface area (Å²) in [5, 5.41) is 3.03. The van der Waals surface area contributed by atoms with E-state index >= 15 is 0 Å². The summed E-state index contributed by atoms with van der Waals surface area (Å²) in [5.41, 5.74) is 0.582. The first-order valence-corrected chi connectivity index (χ1v) is 14.6. The Kier molecular flexibility index (Phi) is 10.2. The number of nitrogens with zero attached hydrogens (tertiary/aromatic N) is 2. The first-order valence-electron chi connectivity index (χ1n) is 12.7. The second kappa shape index (κ2) is 13.1. The Bertz CT molecular complexity index is 1220. The van der Waals surface area contributed by atoms with Crippen LogP contribution in [0.3, 0.4) is 0 Å². The van der Waals surface area contributed by atoms with Gasteiger partial charge in [-0.2, -0.15) is 0 Å². The quantitative estimate of drug-likeness (QED) is 0.444. The number of nitrogens with one attached hydrogen (secondary N) is 1. The summed E-state index contributed by atoms with van der Waals surface area (Å²) in [5.74, 6) is -3.39. The third-order valence-electron chi connectivity index (χ3n) is 6.73. The van der Waals surface area contributed by atoms with Gasteiger partial charge in [-0.25, -0.2) is 21.6 Å². The van der Waals surface area contributed by atoms with E-state index in [4.69, 9.17) is 0 Å². The van der Waals surface area contributed by atoms with Crippen LogP contribution in [0.4, 0.5) is 18.9 Å². The fraction of sp³-hybridized carbons (Fsp3) is 0.481. The van der Waals surface area contributed by atoms with Crippen LogP contribution in [0.25, 0.3) is 0 Å². The predicted octanol–water partition coefficient (Wildman–Crippen LogP) is 4.52.